The second kappa shape index (κ2) is 7.01. The third-order valence-corrected chi connectivity index (χ3v) is 9.50. The van der Waals surface area contributed by atoms with Gasteiger partial charge in [-0.25, -0.2) is 0 Å². The van der Waals surface area contributed by atoms with Gasteiger partial charge in [0.1, 0.15) is 0 Å². The van der Waals surface area contributed by atoms with Crippen LogP contribution in [0.5, 0.6) is 0 Å². The van der Waals surface area contributed by atoms with E-state index in [-0.39, 0.29) is 12.2 Å². The Morgan fingerprint density at radius 1 is 1.37 bits per heavy atom. The molecule has 0 saturated heterocycles. The van der Waals surface area contributed by atoms with Crippen LogP contribution in [0, 0.1) is 0 Å². The molecule has 7 heteroatoms. The molecule has 19 heavy (non-hydrogen) atoms. The van der Waals surface area contributed by atoms with Gasteiger partial charge in [0.15, 0.2) is 3.82 Å². The molecule has 0 aromatic heterocycles. The van der Waals surface area contributed by atoms with Gasteiger partial charge in [-0.1, -0.05) is 0 Å². The summed E-state index contributed by atoms with van der Waals surface area (Å²) in [4.78, 5) is 0. The molecule has 1 N–H and O–H groups in total. The fraction of sp³-hybridized carbons (Fsp3) is 0.833. The van der Waals surface area contributed by atoms with Crippen LogP contribution in [-0.4, -0.2) is 33.5 Å². The summed E-state index contributed by atoms with van der Waals surface area (Å²) < 4.78 is 23.8. The minimum atomic E-state index is -3.36. The van der Waals surface area contributed by atoms with Crippen molar-refractivity contribution in [3.63, 3.8) is 0 Å². The number of hydrogen-bond acceptors (Lipinski definition) is 6. The molecule has 0 radical (unpaired) electrons. The van der Waals surface area contributed by atoms with Crippen molar-refractivity contribution in [1.82, 2.24) is 0 Å². The van der Waals surface area contributed by atoms with Crippen molar-refractivity contribution in [2.45, 2.75) is 56.2 Å². The molecular weight excluding hydrogens is 303 g/mol. The SMILES string of the molecule is CSC1(P(=O)(OC(C)C)OC(C)C)CC(O)C=CS1. The van der Waals surface area contributed by atoms with Crippen LogP contribution < -0.4 is 0 Å². The summed E-state index contributed by atoms with van der Waals surface area (Å²) in [6, 6.07) is 0. The Kier molecular flexibility index (Phi) is 6.49. The molecule has 0 amide bonds. The average Bonchev–Trinajstić information content (AvgIpc) is 2.26. The minimum absolute atomic E-state index is 0.197. The van der Waals surface area contributed by atoms with Crippen molar-refractivity contribution in [2.24, 2.45) is 0 Å². The van der Waals surface area contributed by atoms with E-state index in [2.05, 4.69) is 0 Å². The molecule has 1 aliphatic rings. The lowest BCUT2D eigenvalue weighted by molar-refractivity contribution is 0.133. The van der Waals surface area contributed by atoms with Gasteiger partial charge in [-0.2, -0.15) is 0 Å². The first-order chi connectivity index (χ1) is 8.74. The van der Waals surface area contributed by atoms with Crippen molar-refractivity contribution >= 4 is 31.1 Å². The lowest BCUT2D eigenvalue weighted by Gasteiger charge is -2.40. The Balaban J connectivity index is 3.12. The fourth-order valence-corrected chi connectivity index (χ4v) is 7.41. The molecule has 0 aromatic carbocycles. The summed E-state index contributed by atoms with van der Waals surface area (Å²) in [5.74, 6) is 0. The Morgan fingerprint density at radius 2 is 1.89 bits per heavy atom. The van der Waals surface area contributed by atoms with E-state index in [1.165, 1.54) is 23.5 Å². The van der Waals surface area contributed by atoms with Gasteiger partial charge in [0.2, 0.25) is 0 Å². The Labute approximate surface area is 124 Å². The van der Waals surface area contributed by atoms with Crippen molar-refractivity contribution in [3.05, 3.63) is 11.5 Å². The third kappa shape index (κ3) is 4.26. The van der Waals surface area contributed by atoms with Gasteiger partial charge in [0.05, 0.1) is 18.3 Å². The zero-order chi connectivity index (χ0) is 14.7. The molecule has 0 saturated carbocycles. The van der Waals surface area contributed by atoms with Gasteiger partial charge in [0.25, 0.3) is 0 Å². The molecule has 0 aromatic rings. The lowest BCUT2D eigenvalue weighted by atomic mass is 10.3. The number of rotatable bonds is 6. The number of aliphatic hydroxyl groups is 1. The van der Waals surface area contributed by atoms with Crippen LogP contribution in [0.3, 0.4) is 0 Å². The van der Waals surface area contributed by atoms with Crippen LogP contribution in [0.1, 0.15) is 34.1 Å². The standard InChI is InChI=1S/C12H23O4PS2/c1-9(2)15-17(14,16-10(3)4)12(18-5)8-11(13)6-7-19-12/h6-7,9-11,13H,8H2,1-5H3. The van der Waals surface area contributed by atoms with Crippen LogP contribution in [0.2, 0.25) is 0 Å². The van der Waals surface area contributed by atoms with Crippen molar-refractivity contribution < 1.29 is 18.7 Å². The number of hydrogen-bond donors (Lipinski definition) is 1. The van der Waals surface area contributed by atoms with Crippen LogP contribution in [0.15, 0.2) is 11.5 Å². The average molecular weight is 326 g/mol. The molecule has 1 rings (SSSR count). The highest BCUT2D eigenvalue weighted by Gasteiger charge is 2.54. The first-order valence-corrected chi connectivity index (χ1v) is 9.94. The minimum Gasteiger partial charge on any atom is -0.389 e. The lowest BCUT2D eigenvalue weighted by Crippen LogP contribution is -2.31. The van der Waals surface area contributed by atoms with E-state index in [1.54, 1.807) is 11.5 Å². The Bertz CT molecular complexity index is 359. The predicted molar refractivity (Wildman–Crippen MR) is 83.6 cm³/mol. The summed E-state index contributed by atoms with van der Waals surface area (Å²) in [5, 5.41) is 11.6. The van der Waals surface area contributed by atoms with Gasteiger partial charge < -0.3 is 14.2 Å². The second-order valence-corrected chi connectivity index (χ2v) is 10.3. The molecule has 4 nitrogen and oxygen atoms in total. The highest BCUT2D eigenvalue weighted by atomic mass is 32.2. The van der Waals surface area contributed by atoms with Crippen LogP contribution in [-0.2, 0) is 13.6 Å². The highest BCUT2D eigenvalue weighted by Crippen LogP contribution is 2.72. The maximum Gasteiger partial charge on any atom is 0.357 e. The first-order valence-electron chi connectivity index (χ1n) is 6.29. The van der Waals surface area contributed by atoms with Crippen LogP contribution >= 0.6 is 31.1 Å². The molecule has 0 aliphatic carbocycles. The molecular formula is C12H23O4PS2. The monoisotopic (exact) mass is 326 g/mol. The van der Waals surface area contributed by atoms with E-state index in [1.807, 2.05) is 34.0 Å². The molecule has 112 valence electrons. The summed E-state index contributed by atoms with van der Waals surface area (Å²) in [6.07, 6.45) is 2.92. The zero-order valence-corrected chi connectivity index (χ0v) is 14.6. The Hall–Kier alpha value is 0.550. The van der Waals surface area contributed by atoms with E-state index >= 15 is 0 Å². The number of thioether (sulfide) groups is 2. The number of aliphatic hydroxyl groups excluding tert-OH is 1. The quantitative estimate of drug-likeness (QED) is 0.743. The van der Waals surface area contributed by atoms with Gasteiger partial charge >= 0.3 is 7.60 Å². The normalized spacial score (nSPS) is 28.3. The molecule has 0 fully saturated rings. The second-order valence-electron chi connectivity index (χ2n) is 4.94. The van der Waals surface area contributed by atoms with Crippen LogP contribution in [0.25, 0.3) is 0 Å². The molecule has 2 atom stereocenters. The maximum atomic E-state index is 13.3. The van der Waals surface area contributed by atoms with Gasteiger partial charge in [-0.05, 0) is 45.4 Å². The summed E-state index contributed by atoms with van der Waals surface area (Å²) >= 11 is 2.84. The van der Waals surface area contributed by atoms with Crippen molar-refractivity contribution in [2.75, 3.05) is 6.26 Å². The molecule has 0 spiro atoms. The van der Waals surface area contributed by atoms with E-state index < -0.39 is 17.5 Å². The smallest absolute Gasteiger partial charge is 0.357 e. The Morgan fingerprint density at radius 3 is 2.26 bits per heavy atom. The van der Waals surface area contributed by atoms with Gasteiger partial charge in [-0.3, -0.25) is 4.57 Å². The van der Waals surface area contributed by atoms with E-state index in [4.69, 9.17) is 9.05 Å². The summed E-state index contributed by atoms with van der Waals surface area (Å²) in [5.41, 5.74) is 0. The molecule has 1 aliphatic heterocycles. The largest absolute Gasteiger partial charge is 0.389 e. The fourth-order valence-electron chi connectivity index (χ4n) is 1.78. The van der Waals surface area contributed by atoms with Gasteiger partial charge in [-0.15, -0.1) is 23.5 Å². The van der Waals surface area contributed by atoms with Crippen LogP contribution in [0.4, 0.5) is 0 Å². The highest BCUT2D eigenvalue weighted by molar-refractivity contribution is 8.26. The summed E-state index contributed by atoms with van der Waals surface area (Å²) in [6.45, 7) is 7.35. The molecule has 0 bridgehead atoms. The van der Waals surface area contributed by atoms with Gasteiger partial charge in [0, 0.05) is 6.42 Å². The third-order valence-electron chi connectivity index (χ3n) is 2.46. The van der Waals surface area contributed by atoms with E-state index in [0.717, 1.165) is 0 Å². The first kappa shape index (κ1) is 17.6. The zero-order valence-electron chi connectivity index (χ0n) is 12.0. The van der Waals surface area contributed by atoms with Crippen molar-refractivity contribution in [3.8, 4) is 0 Å². The van der Waals surface area contributed by atoms with E-state index in [9.17, 15) is 9.67 Å². The van der Waals surface area contributed by atoms with E-state index in [0.29, 0.717) is 6.42 Å². The predicted octanol–water partition coefficient (Wildman–Crippen LogP) is 4.06. The molecule has 2 unspecified atom stereocenters. The topological polar surface area (TPSA) is 55.8 Å². The maximum absolute atomic E-state index is 13.3. The molecule has 1 heterocycles. The van der Waals surface area contributed by atoms with Crippen molar-refractivity contribution in [1.29, 1.82) is 0 Å². The summed E-state index contributed by atoms with van der Waals surface area (Å²) in [7, 11) is -3.36.